The fourth-order valence-corrected chi connectivity index (χ4v) is 3.05. The molecule has 0 saturated heterocycles. The number of nitrogens with zero attached hydrogens (tertiary/aromatic N) is 3. The number of nitrogen functional groups attached to an aromatic ring is 1. The normalized spacial score (nSPS) is 11.4. The van der Waals surface area contributed by atoms with Crippen LogP contribution in [0.15, 0.2) is 35.7 Å². The Morgan fingerprint density at radius 1 is 1.35 bits per heavy atom. The van der Waals surface area contributed by atoms with Crippen molar-refractivity contribution in [1.29, 1.82) is 0 Å². The van der Waals surface area contributed by atoms with Gasteiger partial charge >= 0.3 is 0 Å². The van der Waals surface area contributed by atoms with Crippen molar-refractivity contribution in [3.05, 3.63) is 41.7 Å². The first kappa shape index (κ1) is 12.6. The van der Waals surface area contributed by atoms with Gasteiger partial charge < -0.3 is 10.9 Å². The second kappa shape index (κ2) is 4.90. The summed E-state index contributed by atoms with van der Waals surface area (Å²) in [4.78, 5) is 8.67. The van der Waals surface area contributed by atoms with E-state index in [4.69, 9.17) is 10.9 Å². The molecule has 0 fully saturated rings. The van der Waals surface area contributed by atoms with Crippen LogP contribution in [0, 0.1) is 6.92 Å². The molecular weight excluding hydrogens is 272 g/mol. The highest BCUT2D eigenvalue weighted by atomic mass is 32.1. The van der Waals surface area contributed by atoms with Gasteiger partial charge in [-0.1, -0.05) is 17.3 Å². The average Bonchev–Trinajstić information content (AvgIpc) is 2.86. The van der Waals surface area contributed by atoms with Crippen molar-refractivity contribution in [2.45, 2.75) is 6.92 Å². The highest BCUT2D eigenvalue weighted by molar-refractivity contribution is 7.21. The van der Waals surface area contributed by atoms with Gasteiger partial charge in [0.25, 0.3) is 0 Å². The maximum Gasteiger partial charge on any atom is 0.125 e. The molecule has 3 aromatic rings. The molecule has 0 aliphatic rings. The summed E-state index contributed by atoms with van der Waals surface area (Å²) >= 11 is 1.54. The lowest BCUT2D eigenvalue weighted by Crippen LogP contribution is -1.89. The Labute approximate surface area is 119 Å². The van der Waals surface area contributed by atoms with E-state index in [-0.39, 0.29) is 0 Å². The van der Waals surface area contributed by atoms with Crippen molar-refractivity contribution in [1.82, 2.24) is 9.97 Å². The molecule has 0 aliphatic carbocycles. The van der Waals surface area contributed by atoms with Crippen LogP contribution in [0.3, 0.4) is 0 Å². The molecule has 0 bridgehead atoms. The van der Waals surface area contributed by atoms with Gasteiger partial charge in [0, 0.05) is 11.8 Å². The zero-order chi connectivity index (χ0) is 14.1. The zero-order valence-electron chi connectivity index (χ0n) is 10.7. The minimum absolute atomic E-state index is 0.579. The van der Waals surface area contributed by atoms with E-state index in [1.807, 2.05) is 25.1 Å². The molecule has 0 aliphatic heterocycles. The molecule has 0 amide bonds. The number of fused-ring (bicyclic) bond motifs is 1. The van der Waals surface area contributed by atoms with Crippen molar-refractivity contribution in [2.75, 3.05) is 5.73 Å². The number of anilines is 1. The van der Waals surface area contributed by atoms with E-state index in [2.05, 4.69) is 15.1 Å². The van der Waals surface area contributed by atoms with Gasteiger partial charge in [-0.3, -0.25) is 4.98 Å². The van der Waals surface area contributed by atoms with E-state index in [1.54, 1.807) is 23.7 Å². The second-order valence-corrected chi connectivity index (χ2v) is 5.44. The largest absolute Gasteiger partial charge is 0.411 e. The highest BCUT2D eigenvalue weighted by Crippen LogP contribution is 2.33. The Kier molecular flexibility index (Phi) is 3.08. The van der Waals surface area contributed by atoms with Crippen molar-refractivity contribution in [3.8, 4) is 10.6 Å². The fraction of sp³-hybridized carbons (Fsp3) is 0.0714. The molecular formula is C14H12N4OS. The SMILES string of the molecule is Cc1ccc(C=NO)cc1-c1nc2c(N)cncc2s1. The van der Waals surface area contributed by atoms with Gasteiger partial charge in [0.1, 0.15) is 10.5 Å². The summed E-state index contributed by atoms with van der Waals surface area (Å²) in [5, 5.41) is 12.6. The van der Waals surface area contributed by atoms with Gasteiger partial charge in [-0.2, -0.15) is 0 Å². The maximum absolute atomic E-state index is 8.63. The summed E-state index contributed by atoms with van der Waals surface area (Å²) in [6, 6.07) is 5.80. The van der Waals surface area contributed by atoms with Crippen molar-refractivity contribution >= 4 is 33.5 Å². The number of hydrogen-bond acceptors (Lipinski definition) is 6. The summed E-state index contributed by atoms with van der Waals surface area (Å²) < 4.78 is 0.959. The number of oxime groups is 1. The molecule has 2 heterocycles. The maximum atomic E-state index is 8.63. The van der Waals surface area contributed by atoms with E-state index in [0.717, 1.165) is 31.9 Å². The molecule has 0 radical (unpaired) electrons. The van der Waals surface area contributed by atoms with E-state index in [0.29, 0.717) is 5.69 Å². The van der Waals surface area contributed by atoms with Crippen molar-refractivity contribution < 1.29 is 5.21 Å². The fourth-order valence-electron chi connectivity index (χ4n) is 2.00. The van der Waals surface area contributed by atoms with Gasteiger partial charge in [-0.15, -0.1) is 11.3 Å². The van der Waals surface area contributed by atoms with Crippen LogP contribution in [0.2, 0.25) is 0 Å². The third kappa shape index (κ3) is 2.10. The number of aromatic nitrogens is 2. The molecule has 1 aromatic carbocycles. The Bertz CT molecular complexity index is 810. The van der Waals surface area contributed by atoms with Crippen molar-refractivity contribution in [3.63, 3.8) is 0 Å². The smallest absolute Gasteiger partial charge is 0.125 e. The van der Waals surface area contributed by atoms with Gasteiger partial charge in [-0.05, 0) is 24.1 Å². The molecule has 2 aromatic heterocycles. The van der Waals surface area contributed by atoms with E-state index < -0.39 is 0 Å². The monoisotopic (exact) mass is 284 g/mol. The first-order valence-electron chi connectivity index (χ1n) is 5.97. The van der Waals surface area contributed by atoms with E-state index in [9.17, 15) is 0 Å². The van der Waals surface area contributed by atoms with Crippen LogP contribution < -0.4 is 5.73 Å². The van der Waals surface area contributed by atoms with Crippen LogP contribution >= 0.6 is 11.3 Å². The first-order chi connectivity index (χ1) is 9.69. The first-order valence-corrected chi connectivity index (χ1v) is 6.79. The Hall–Kier alpha value is -2.47. The molecule has 5 nitrogen and oxygen atoms in total. The zero-order valence-corrected chi connectivity index (χ0v) is 11.6. The predicted molar refractivity (Wildman–Crippen MR) is 81.4 cm³/mol. The number of benzene rings is 1. The summed E-state index contributed by atoms with van der Waals surface area (Å²) in [5.41, 5.74) is 10.2. The number of thiazole rings is 1. The van der Waals surface area contributed by atoms with E-state index >= 15 is 0 Å². The summed E-state index contributed by atoms with van der Waals surface area (Å²) in [5.74, 6) is 0. The van der Waals surface area contributed by atoms with Crippen LogP contribution in [0.1, 0.15) is 11.1 Å². The molecule has 0 unspecified atom stereocenters. The topological polar surface area (TPSA) is 84.4 Å². The molecule has 100 valence electrons. The summed E-state index contributed by atoms with van der Waals surface area (Å²) in [6.07, 6.45) is 4.76. The molecule has 20 heavy (non-hydrogen) atoms. The van der Waals surface area contributed by atoms with Gasteiger partial charge in [-0.25, -0.2) is 4.98 Å². The average molecular weight is 284 g/mol. The number of rotatable bonds is 2. The number of aryl methyl sites for hydroxylation is 1. The van der Waals surface area contributed by atoms with Gasteiger partial charge in [0.05, 0.1) is 22.8 Å². The minimum Gasteiger partial charge on any atom is -0.411 e. The summed E-state index contributed by atoms with van der Waals surface area (Å²) in [6.45, 7) is 2.02. The van der Waals surface area contributed by atoms with Crippen LogP contribution in [0.4, 0.5) is 5.69 Å². The Balaban J connectivity index is 2.19. The lowest BCUT2D eigenvalue weighted by atomic mass is 10.1. The van der Waals surface area contributed by atoms with Crippen LogP contribution in [-0.4, -0.2) is 21.4 Å². The molecule has 0 saturated carbocycles. The van der Waals surface area contributed by atoms with Gasteiger partial charge in [0.2, 0.25) is 0 Å². The standard InChI is InChI=1S/C14H12N4OS/c1-8-2-3-9(5-17-19)4-10(8)14-18-13-11(15)6-16-7-12(13)20-14/h2-7,19H,15H2,1H3. The quantitative estimate of drug-likeness (QED) is 0.430. The number of hydrogen-bond donors (Lipinski definition) is 2. The minimum atomic E-state index is 0.579. The Morgan fingerprint density at radius 3 is 2.95 bits per heavy atom. The van der Waals surface area contributed by atoms with Crippen LogP contribution in [0.25, 0.3) is 20.8 Å². The highest BCUT2D eigenvalue weighted by Gasteiger charge is 2.11. The third-order valence-electron chi connectivity index (χ3n) is 3.03. The van der Waals surface area contributed by atoms with Crippen LogP contribution in [-0.2, 0) is 0 Å². The molecule has 6 heteroatoms. The Morgan fingerprint density at radius 2 is 2.20 bits per heavy atom. The second-order valence-electron chi connectivity index (χ2n) is 4.41. The molecule has 3 rings (SSSR count). The molecule has 3 N–H and O–H groups in total. The molecule has 0 spiro atoms. The predicted octanol–water partition coefficient (Wildman–Crippen LogP) is 3.06. The summed E-state index contributed by atoms with van der Waals surface area (Å²) in [7, 11) is 0. The lowest BCUT2D eigenvalue weighted by Gasteiger charge is -2.03. The lowest BCUT2D eigenvalue weighted by molar-refractivity contribution is 0.322. The van der Waals surface area contributed by atoms with Crippen LogP contribution in [0.5, 0.6) is 0 Å². The van der Waals surface area contributed by atoms with E-state index in [1.165, 1.54) is 6.21 Å². The van der Waals surface area contributed by atoms with Crippen molar-refractivity contribution in [2.24, 2.45) is 5.16 Å². The number of nitrogens with two attached hydrogens (primary N) is 1. The number of pyridine rings is 1. The third-order valence-corrected chi connectivity index (χ3v) is 4.05. The van der Waals surface area contributed by atoms with Gasteiger partial charge in [0.15, 0.2) is 0 Å². The molecule has 0 atom stereocenters.